The van der Waals surface area contributed by atoms with Crippen molar-refractivity contribution in [3.05, 3.63) is 18.2 Å². The minimum Gasteiger partial charge on any atom is -0.486 e. The van der Waals surface area contributed by atoms with Gasteiger partial charge in [0.2, 0.25) is 10.0 Å². The van der Waals surface area contributed by atoms with E-state index in [-0.39, 0.29) is 16.9 Å². The van der Waals surface area contributed by atoms with Gasteiger partial charge < -0.3 is 9.47 Å². The summed E-state index contributed by atoms with van der Waals surface area (Å²) in [4.78, 5) is 0.198. The van der Waals surface area contributed by atoms with Gasteiger partial charge in [-0.15, -0.1) is 0 Å². The zero-order valence-corrected chi connectivity index (χ0v) is 12.2. The van der Waals surface area contributed by atoms with E-state index in [9.17, 15) is 8.42 Å². The van der Waals surface area contributed by atoms with Crippen LogP contribution in [0.15, 0.2) is 23.1 Å². The summed E-state index contributed by atoms with van der Waals surface area (Å²) < 4.78 is 37.9. The van der Waals surface area contributed by atoms with Crippen molar-refractivity contribution in [1.29, 1.82) is 0 Å². The number of hydrogen-bond donors (Lipinski definition) is 1. The molecule has 1 aliphatic heterocycles. The Morgan fingerprint density at radius 2 is 1.74 bits per heavy atom. The molecule has 0 bridgehead atoms. The summed E-state index contributed by atoms with van der Waals surface area (Å²) in [6.45, 7) is 6.71. The fraction of sp³-hybridized carbons (Fsp3) is 0.538. The SMILES string of the molecule is CC(C)[C@@H](C)NS(=O)(=O)c1ccc2c(c1)OCCO2. The van der Waals surface area contributed by atoms with E-state index in [1.165, 1.54) is 12.1 Å². The van der Waals surface area contributed by atoms with Gasteiger partial charge in [0.1, 0.15) is 13.2 Å². The topological polar surface area (TPSA) is 64.6 Å². The summed E-state index contributed by atoms with van der Waals surface area (Å²) in [7, 11) is -3.52. The molecule has 1 heterocycles. The second-order valence-corrected chi connectivity index (χ2v) is 6.67. The van der Waals surface area contributed by atoms with Crippen molar-refractivity contribution in [3.63, 3.8) is 0 Å². The van der Waals surface area contributed by atoms with Gasteiger partial charge in [-0.25, -0.2) is 13.1 Å². The number of sulfonamides is 1. The van der Waals surface area contributed by atoms with E-state index in [0.717, 1.165) is 0 Å². The first-order chi connectivity index (χ1) is 8.90. The number of hydrogen-bond acceptors (Lipinski definition) is 4. The molecule has 6 heteroatoms. The highest BCUT2D eigenvalue weighted by atomic mass is 32.2. The van der Waals surface area contributed by atoms with Crippen molar-refractivity contribution in [1.82, 2.24) is 4.72 Å². The third-order valence-corrected chi connectivity index (χ3v) is 4.72. The lowest BCUT2D eigenvalue weighted by Gasteiger charge is -2.20. The number of fused-ring (bicyclic) bond motifs is 1. The Hall–Kier alpha value is -1.27. The number of benzene rings is 1. The largest absolute Gasteiger partial charge is 0.486 e. The molecule has 0 radical (unpaired) electrons. The van der Waals surface area contributed by atoms with Gasteiger partial charge in [-0.05, 0) is 25.0 Å². The molecule has 1 N–H and O–H groups in total. The van der Waals surface area contributed by atoms with Gasteiger partial charge in [0, 0.05) is 12.1 Å². The maximum absolute atomic E-state index is 12.2. The Bertz CT molecular complexity index is 554. The number of nitrogens with one attached hydrogen (secondary N) is 1. The molecule has 0 aromatic heterocycles. The first kappa shape index (κ1) is 14.1. The van der Waals surface area contributed by atoms with Crippen LogP contribution in [0.2, 0.25) is 0 Å². The monoisotopic (exact) mass is 285 g/mol. The first-order valence-corrected chi connectivity index (χ1v) is 7.80. The lowest BCUT2D eigenvalue weighted by Crippen LogP contribution is -2.36. The normalized spacial score (nSPS) is 16.4. The Morgan fingerprint density at radius 3 is 2.37 bits per heavy atom. The molecule has 19 heavy (non-hydrogen) atoms. The van der Waals surface area contributed by atoms with Crippen molar-refractivity contribution < 1.29 is 17.9 Å². The van der Waals surface area contributed by atoms with Crippen LogP contribution in [0, 0.1) is 5.92 Å². The van der Waals surface area contributed by atoms with E-state index in [0.29, 0.717) is 24.7 Å². The van der Waals surface area contributed by atoms with Crippen molar-refractivity contribution in [2.24, 2.45) is 5.92 Å². The third-order valence-electron chi connectivity index (χ3n) is 3.16. The van der Waals surface area contributed by atoms with Crippen LogP contribution >= 0.6 is 0 Å². The predicted octanol–water partition coefficient (Wildman–Crippen LogP) is 1.78. The van der Waals surface area contributed by atoms with Gasteiger partial charge in [0.15, 0.2) is 11.5 Å². The summed E-state index contributed by atoms with van der Waals surface area (Å²) >= 11 is 0. The van der Waals surface area contributed by atoms with Crippen molar-refractivity contribution in [2.45, 2.75) is 31.7 Å². The minimum atomic E-state index is -3.52. The van der Waals surface area contributed by atoms with Crippen LogP contribution in [0.3, 0.4) is 0 Å². The Labute approximate surface area is 114 Å². The van der Waals surface area contributed by atoms with Gasteiger partial charge in [0.05, 0.1) is 4.90 Å². The third kappa shape index (κ3) is 3.19. The fourth-order valence-electron chi connectivity index (χ4n) is 1.64. The molecule has 2 rings (SSSR count). The molecule has 1 aliphatic rings. The van der Waals surface area contributed by atoms with Crippen LogP contribution in [0.4, 0.5) is 0 Å². The molecule has 0 aliphatic carbocycles. The summed E-state index contributed by atoms with van der Waals surface area (Å²) in [6.07, 6.45) is 0. The molecule has 1 aromatic rings. The van der Waals surface area contributed by atoms with Crippen molar-refractivity contribution in [3.8, 4) is 11.5 Å². The number of rotatable bonds is 4. The fourth-order valence-corrected chi connectivity index (χ4v) is 3.05. The first-order valence-electron chi connectivity index (χ1n) is 6.32. The quantitative estimate of drug-likeness (QED) is 0.916. The highest BCUT2D eigenvalue weighted by Gasteiger charge is 2.22. The second kappa shape index (κ2) is 5.38. The zero-order chi connectivity index (χ0) is 14.0. The molecular formula is C13H19NO4S. The van der Waals surface area contributed by atoms with E-state index in [4.69, 9.17) is 9.47 Å². The maximum atomic E-state index is 12.2. The van der Waals surface area contributed by atoms with Crippen LogP contribution < -0.4 is 14.2 Å². The minimum absolute atomic E-state index is 0.127. The maximum Gasteiger partial charge on any atom is 0.240 e. The average molecular weight is 285 g/mol. The van der Waals surface area contributed by atoms with Crippen LogP contribution in [0.5, 0.6) is 11.5 Å². The van der Waals surface area contributed by atoms with Gasteiger partial charge in [-0.2, -0.15) is 0 Å². The van der Waals surface area contributed by atoms with Crippen LogP contribution in [-0.2, 0) is 10.0 Å². The second-order valence-electron chi connectivity index (χ2n) is 4.96. The molecule has 0 saturated carbocycles. The summed E-state index contributed by atoms with van der Waals surface area (Å²) in [6, 6.07) is 4.54. The molecular weight excluding hydrogens is 266 g/mol. The number of ether oxygens (including phenoxy) is 2. The summed E-state index contributed by atoms with van der Waals surface area (Å²) in [5.41, 5.74) is 0. The van der Waals surface area contributed by atoms with Crippen molar-refractivity contribution >= 4 is 10.0 Å². The molecule has 106 valence electrons. The highest BCUT2D eigenvalue weighted by Crippen LogP contribution is 2.32. The van der Waals surface area contributed by atoms with Crippen LogP contribution in [-0.4, -0.2) is 27.7 Å². The Morgan fingerprint density at radius 1 is 1.11 bits per heavy atom. The standard InChI is InChI=1S/C13H19NO4S/c1-9(2)10(3)14-19(15,16)11-4-5-12-13(8-11)18-7-6-17-12/h4-5,8-10,14H,6-7H2,1-3H3/t10-/m1/s1. The molecule has 0 saturated heterocycles. The molecule has 0 spiro atoms. The molecule has 0 fully saturated rings. The van der Waals surface area contributed by atoms with Gasteiger partial charge in [-0.1, -0.05) is 13.8 Å². The highest BCUT2D eigenvalue weighted by molar-refractivity contribution is 7.89. The molecule has 5 nitrogen and oxygen atoms in total. The van der Waals surface area contributed by atoms with E-state index < -0.39 is 10.0 Å². The van der Waals surface area contributed by atoms with Gasteiger partial charge >= 0.3 is 0 Å². The van der Waals surface area contributed by atoms with E-state index in [1.54, 1.807) is 6.07 Å². The Kier molecular flexibility index (Phi) is 4.01. The van der Waals surface area contributed by atoms with E-state index >= 15 is 0 Å². The predicted molar refractivity (Wildman–Crippen MR) is 72.1 cm³/mol. The van der Waals surface area contributed by atoms with E-state index in [1.807, 2.05) is 20.8 Å². The summed E-state index contributed by atoms with van der Waals surface area (Å²) in [5, 5.41) is 0. The van der Waals surface area contributed by atoms with Crippen LogP contribution in [0.1, 0.15) is 20.8 Å². The zero-order valence-electron chi connectivity index (χ0n) is 11.3. The summed E-state index contributed by atoms with van der Waals surface area (Å²) in [5.74, 6) is 1.29. The molecule has 1 atom stereocenters. The van der Waals surface area contributed by atoms with Crippen LogP contribution in [0.25, 0.3) is 0 Å². The van der Waals surface area contributed by atoms with Crippen molar-refractivity contribution in [2.75, 3.05) is 13.2 Å². The molecule has 1 aromatic carbocycles. The molecule has 0 amide bonds. The van der Waals surface area contributed by atoms with E-state index in [2.05, 4.69) is 4.72 Å². The van der Waals surface area contributed by atoms with Gasteiger partial charge in [-0.3, -0.25) is 0 Å². The smallest absolute Gasteiger partial charge is 0.240 e. The lowest BCUT2D eigenvalue weighted by molar-refractivity contribution is 0.171. The molecule has 0 unspecified atom stereocenters. The van der Waals surface area contributed by atoms with Gasteiger partial charge in [0.25, 0.3) is 0 Å². The average Bonchev–Trinajstić information content (AvgIpc) is 2.37. The lowest BCUT2D eigenvalue weighted by atomic mass is 10.1. The Balaban J connectivity index is 2.26.